The highest BCUT2D eigenvalue weighted by Crippen LogP contribution is 2.44. The van der Waals surface area contributed by atoms with E-state index in [1.807, 2.05) is 4.52 Å². The Morgan fingerprint density at radius 1 is 1.05 bits per heavy atom. The van der Waals surface area contributed by atoms with Gasteiger partial charge >= 0.3 is 0 Å². The summed E-state index contributed by atoms with van der Waals surface area (Å²) in [6.07, 6.45) is 13.7. The first kappa shape index (κ1) is 24.6. The highest BCUT2D eigenvalue weighted by Gasteiger charge is 2.34. The molecule has 5 heterocycles. The van der Waals surface area contributed by atoms with Crippen molar-refractivity contribution >= 4 is 16.6 Å². The van der Waals surface area contributed by atoms with E-state index in [4.69, 9.17) is 9.72 Å². The minimum absolute atomic E-state index is 0.386. The van der Waals surface area contributed by atoms with Crippen molar-refractivity contribution in [2.75, 3.05) is 13.2 Å². The summed E-state index contributed by atoms with van der Waals surface area (Å²) in [5, 5.41) is 5.81. The molecule has 2 aliphatic rings. The number of aryl methyl sites for hydroxylation is 2. The Morgan fingerprint density at radius 3 is 2.49 bits per heavy atom. The molecule has 6 rings (SSSR count). The maximum Gasteiger partial charge on any atom is 0.158 e. The summed E-state index contributed by atoms with van der Waals surface area (Å²) in [5.74, 6) is 1.81. The molecule has 6 heteroatoms. The number of H-pyrrole nitrogens is 1. The van der Waals surface area contributed by atoms with Gasteiger partial charge < -0.3 is 9.72 Å². The van der Waals surface area contributed by atoms with E-state index < -0.39 is 0 Å². The zero-order valence-corrected chi connectivity index (χ0v) is 23.3. The van der Waals surface area contributed by atoms with E-state index in [0.717, 1.165) is 30.3 Å². The van der Waals surface area contributed by atoms with E-state index in [0.29, 0.717) is 17.3 Å². The van der Waals surface area contributed by atoms with Gasteiger partial charge in [0.05, 0.1) is 30.6 Å². The molecular formula is C31H41N5O. The zero-order valence-electron chi connectivity index (χ0n) is 23.3. The van der Waals surface area contributed by atoms with Crippen LogP contribution >= 0.6 is 0 Å². The molecule has 6 nitrogen and oxygen atoms in total. The van der Waals surface area contributed by atoms with E-state index in [2.05, 4.69) is 69.0 Å². The van der Waals surface area contributed by atoms with Gasteiger partial charge in [0.25, 0.3) is 0 Å². The fourth-order valence-electron chi connectivity index (χ4n) is 6.92. The predicted molar refractivity (Wildman–Crippen MR) is 149 cm³/mol. The van der Waals surface area contributed by atoms with Gasteiger partial charge in [-0.25, -0.2) is 9.50 Å². The van der Waals surface area contributed by atoms with Gasteiger partial charge in [0.15, 0.2) is 5.65 Å². The Bertz CT molecular complexity index is 1450. The molecule has 0 bridgehead atoms. The number of rotatable bonds is 6. The number of fused-ring (bicyclic) bond motifs is 2. The molecule has 4 aromatic heterocycles. The van der Waals surface area contributed by atoms with E-state index in [1.54, 1.807) is 6.33 Å². The van der Waals surface area contributed by atoms with Gasteiger partial charge in [0, 0.05) is 34.2 Å². The number of pyridine rings is 2. The first-order chi connectivity index (χ1) is 17.8. The molecule has 0 amide bonds. The smallest absolute Gasteiger partial charge is 0.158 e. The topological polar surface area (TPSA) is 68.1 Å². The van der Waals surface area contributed by atoms with Gasteiger partial charge in [-0.3, -0.25) is 4.98 Å². The second kappa shape index (κ2) is 9.23. The molecular weight excluding hydrogens is 458 g/mol. The average molecular weight is 500 g/mol. The van der Waals surface area contributed by atoms with Crippen molar-refractivity contribution in [2.45, 2.75) is 91.9 Å². The third-order valence-electron chi connectivity index (χ3n) is 9.42. The molecule has 4 aromatic rings. The van der Waals surface area contributed by atoms with Crippen LogP contribution in [0.15, 0.2) is 18.7 Å². The van der Waals surface area contributed by atoms with Crippen molar-refractivity contribution in [1.29, 1.82) is 0 Å². The fourth-order valence-corrected chi connectivity index (χ4v) is 6.92. The van der Waals surface area contributed by atoms with Crippen molar-refractivity contribution < 1.29 is 4.74 Å². The van der Waals surface area contributed by atoms with Crippen LogP contribution in [0.3, 0.4) is 0 Å². The lowest BCUT2D eigenvalue weighted by Crippen LogP contribution is -2.40. The van der Waals surface area contributed by atoms with Gasteiger partial charge in [0.2, 0.25) is 0 Å². The molecule has 1 aliphatic carbocycles. The lowest BCUT2D eigenvalue weighted by molar-refractivity contribution is -0.108. The van der Waals surface area contributed by atoms with E-state index in [1.165, 1.54) is 83.1 Å². The molecule has 0 radical (unpaired) electrons. The number of ether oxygens (including phenoxy) is 1. The minimum Gasteiger partial charge on any atom is -0.380 e. The Hall–Kier alpha value is -2.73. The van der Waals surface area contributed by atoms with Crippen molar-refractivity contribution in [3.63, 3.8) is 0 Å². The Kier molecular flexibility index (Phi) is 6.14. The number of nitrogens with zero attached hydrogens (tertiary/aromatic N) is 4. The van der Waals surface area contributed by atoms with Crippen LogP contribution < -0.4 is 0 Å². The zero-order chi connectivity index (χ0) is 25.9. The Labute approximate surface area is 220 Å². The summed E-state index contributed by atoms with van der Waals surface area (Å²) >= 11 is 0. The van der Waals surface area contributed by atoms with E-state index in [-0.39, 0.29) is 0 Å². The molecule has 0 spiro atoms. The summed E-state index contributed by atoms with van der Waals surface area (Å²) in [4.78, 5) is 13.3. The molecule has 1 saturated carbocycles. The van der Waals surface area contributed by atoms with E-state index >= 15 is 0 Å². The molecule has 37 heavy (non-hydrogen) atoms. The summed E-state index contributed by atoms with van der Waals surface area (Å²) in [6, 6.07) is 0. The monoisotopic (exact) mass is 499 g/mol. The van der Waals surface area contributed by atoms with Gasteiger partial charge in [0.1, 0.15) is 6.33 Å². The van der Waals surface area contributed by atoms with Gasteiger partial charge in [-0.1, -0.05) is 20.8 Å². The van der Waals surface area contributed by atoms with Crippen LogP contribution in [0.4, 0.5) is 0 Å². The van der Waals surface area contributed by atoms with Crippen molar-refractivity contribution in [2.24, 2.45) is 11.3 Å². The summed E-state index contributed by atoms with van der Waals surface area (Å²) in [6.45, 7) is 15.5. The highest BCUT2D eigenvalue weighted by atomic mass is 16.5. The third-order valence-corrected chi connectivity index (χ3v) is 9.42. The molecule has 0 unspecified atom stereocenters. The fraction of sp³-hybridized carbons (Fsp3) is 0.581. The van der Waals surface area contributed by atoms with Crippen LogP contribution in [0.5, 0.6) is 0 Å². The first-order valence-corrected chi connectivity index (χ1v) is 14.1. The van der Waals surface area contributed by atoms with Crippen LogP contribution in [0.1, 0.15) is 99.1 Å². The van der Waals surface area contributed by atoms with E-state index in [9.17, 15) is 0 Å². The van der Waals surface area contributed by atoms with Crippen LogP contribution in [0.25, 0.3) is 27.8 Å². The molecule has 1 aliphatic heterocycles. The molecule has 1 N–H and O–H groups in total. The molecule has 1 saturated heterocycles. The quantitative estimate of drug-likeness (QED) is 0.300. The highest BCUT2D eigenvalue weighted by molar-refractivity contribution is 5.94. The van der Waals surface area contributed by atoms with Gasteiger partial charge in [-0.15, -0.1) is 0 Å². The summed E-state index contributed by atoms with van der Waals surface area (Å²) in [5.41, 5.74) is 11.4. The number of aromatic nitrogens is 5. The van der Waals surface area contributed by atoms with Crippen LogP contribution in [-0.4, -0.2) is 37.8 Å². The van der Waals surface area contributed by atoms with Crippen molar-refractivity contribution in [1.82, 2.24) is 24.6 Å². The van der Waals surface area contributed by atoms with Crippen LogP contribution in [0.2, 0.25) is 0 Å². The minimum atomic E-state index is 0.386. The normalized spacial score (nSPS) is 21.7. The van der Waals surface area contributed by atoms with Gasteiger partial charge in [-0.05, 0) is 93.4 Å². The SMILES string of the molecule is Cc1c(-c2[nH]c3cnc(C4CCC(CCC5(C)COC5)CC4)c(C)c3c2C(C)C)cn2ncnc2c1C. The Morgan fingerprint density at radius 2 is 1.81 bits per heavy atom. The second-order valence-corrected chi connectivity index (χ2v) is 12.5. The lowest BCUT2D eigenvalue weighted by atomic mass is 9.74. The summed E-state index contributed by atoms with van der Waals surface area (Å²) in [7, 11) is 0. The maximum atomic E-state index is 5.47. The predicted octanol–water partition coefficient (Wildman–Crippen LogP) is 7.41. The van der Waals surface area contributed by atoms with Crippen LogP contribution in [-0.2, 0) is 4.74 Å². The Balaban J connectivity index is 1.32. The lowest BCUT2D eigenvalue weighted by Gasteiger charge is -2.39. The second-order valence-electron chi connectivity index (χ2n) is 12.5. The van der Waals surface area contributed by atoms with Crippen LogP contribution in [0, 0.1) is 32.1 Å². The molecule has 196 valence electrons. The molecule has 0 atom stereocenters. The number of hydrogen-bond donors (Lipinski definition) is 1. The van der Waals surface area contributed by atoms with Gasteiger partial charge in [-0.2, -0.15) is 5.10 Å². The third kappa shape index (κ3) is 4.18. The number of nitrogens with one attached hydrogen (secondary N) is 1. The summed E-state index contributed by atoms with van der Waals surface area (Å²) < 4.78 is 7.37. The number of hydrogen-bond acceptors (Lipinski definition) is 4. The maximum absolute atomic E-state index is 5.47. The van der Waals surface area contributed by atoms with Crippen molar-refractivity contribution in [3.8, 4) is 11.3 Å². The number of aromatic amines is 1. The standard InChI is InChI=1S/C31H41N5O/c1-18(2)26-27-21(5)28(23-9-7-22(8-10-23)11-12-31(6)15-37-16-31)32-13-25(27)35-29(26)24-14-36-30(33-17-34-36)20(4)19(24)3/h13-14,17-18,22-23,35H,7-12,15-16H2,1-6H3. The molecule has 0 aromatic carbocycles. The average Bonchev–Trinajstić information content (AvgIpc) is 3.50. The molecule has 2 fully saturated rings. The first-order valence-electron chi connectivity index (χ1n) is 14.1. The largest absolute Gasteiger partial charge is 0.380 e. The van der Waals surface area contributed by atoms with Crippen molar-refractivity contribution in [3.05, 3.63) is 46.7 Å².